The number of thiazole rings is 1. The largest absolute Gasteiger partial charge is 0.478 e. The monoisotopic (exact) mass is 298 g/mol. The van der Waals surface area contributed by atoms with Crippen molar-refractivity contribution in [2.24, 2.45) is 4.99 Å². The number of Topliss-reactive ketones (excluding diaryl/α,β-unsaturated/α-hetero) is 1. The Morgan fingerprint density at radius 2 is 2.19 bits per heavy atom. The van der Waals surface area contributed by atoms with Crippen LogP contribution in [0.2, 0.25) is 0 Å². The lowest BCUT2D eigenvalue weighted by Gasteiger charge is -2.29. The molecular weight excluding hydrogens is 284 g/mol. The molecule has 106 valence electrons. The first-order chi connectivity index (χ1) is 10.2. The van der Waals surface area contributed by atoms with Crippen LogP contribution >= 0.6 is 11.3 Å². The first-order valence-electron chi connectivity index (χ1n) is 6.94. The molecule has 1 aliphatic carbocycles. The molecule has 2 aromatic rings. The van der Waals surface area contributed by atoms with Crippen molar-refractivity contribution in [3.63, 3.8) is 0 Å². The smallest absolute Gasteiger partial charge is 0.194 e. The number of carbonyl (C=O) groups is 1. The Balaban J connectivity index is 1.84. The third kappa shape index (κ3) is 1.84. The Kier molecular flexibility index (Phi) is 2.72. The van der Waals surface area contributed by atoms with Crippen LogP contribution in [0.4, 0.5) is 0 Å². The molecule has 0 fully saturated rings. The fourth-order valence-corrected chi connectivity index (χ4v) is 3.74. The van der Waals surface area contributed by atoms with Crippen molar-refractivity contribution in [3.8, 4) is 11.3 Å². The van der Waals surface area contributed by atoms with Crippen LogP contribution in [0.1, 0.15) is 29.3 Å². The maximum absolute atomic E-state index is 12.9. The van der Waals surface area contributed by atoms with Gasteiger partial charge in [0.2, 0.25) is 0 Å². The van der Waals surface area contributed by atoms with E-state index < -0.39 is 5.54 Å². The van der Waals surface area contributed by atoms with Crippen molar-refractivity contribution in [1.82, 2.24) is 4.98 Å². The van der Waals surface area contributed by atoms with E-state index in [1.807, 2.05) is 36.0 Å². The van der Waals surface area contributed by atoms with Gasteiger partial charge in [-0.3, -0.25) is 4.79 Å². The van der Waals surface area contributed by atoms with Crippen LogP contribution in [-0.4, -0.2) is 28.8 Å². The number of rotatable bonds is 1. The van der Waals surface area contributed by atoms with Gasteiger partial charge in [-0.15, -0.1) is 11.3 Å². The molecule has 4 nitrogen and oxygen atoms in total. The van der Waals surface area contributed by atoms with Crippen molar-refractivity contribution < 1.29 is 9.53 Å². The standard InChI is InChI=1S/C16H14N2O2S/c1-10-18-16(8-20-10)6-5-11-12(14-7-21-9-17-14)3-2-4-13(11)15(16)19/h2-4,7,9H,5-6,8H2,1H3/t16-/m0/s1. The molecule has 0 saturated carbocycles. The number of aliphatic imine (C=N–C) groups is 1. The van der Waals surface area contributed by atoms with E-state index in [1.54, 1.807) is 11.3 Å². The number of benzene rings is 1. The second kappa shape index (κ2) is 4.49. The minimum atomic E-state index is -0.697. The molecule has 1 aliphatic heterocycles. The number of aromatic nitrogens is 1. The van der Waals surface area contributed by atoms with Crippen LogP contribution in [-0.2, 0) is 11.2 Å². The highest BCUT2D eigenvalue weighted by Crippen LogP contribution is 2.38. The normalized spacial score (nSPS) is 23.9. The molecule has 1 atom stereocenters. The van der Waals surface area contributed by atoms with Gasteiger partial charge in [0.1, 0.15) is 6.61 Å². The molecule has 1 aromatic heterocycles. The summed E-state index contributed by atoms with van der Waals surface area (Å²) in [5, 5.41) is 2.02. The van der Waals surface area contributed by atoms with Crippen molar-refractivity contribution in [2.45, 2.75) is 25.3 Å². The fraction of sp³-hybridized carbons (Fsp3) is 0.312. The van der Waals surface area contributed by atoms with Crippen LogP contribution in [0.5, 0.6) is 0 Å². The Bertz CT molecular complexity index is 752. The number of fused-ring (bicyclic) bond motifs is 1. The highest BCUT2D eigenvalue weighted by Gasteiger charge is 2.46. The number of carbonyl (C=O) groups excluding carboxylic acids is 1. The van der Waals surface area contributed by atoms with Gasteiger partial charge in [-0.05, 0) is 18.4 Å². The first-order valence-corrected chi connectivity index (χ1v) is 7.88. The molecule has 5 heteroatoms. The summed E-state index contributed by atoms with van der Waals surface area (Å²) in [5.74, 6) is 0.695. The van der Waals surface area contributed by atoms with Crippen molar-refractivity contribution in [3.05, 3.63) is 40.2 Å². The van der Waals surface area contributed by atoms with Crippen LogP contribution in [0.3, 0.4) is 0 Å². The minimum Gasteiger partial charge on any atom is -0.478 e. The molecule has 4 rings (SSSR count). The van der Waals surface area contributed by atoms with E-state index in [9.17, 15) is 4.79 Å². The van der Waals surface area contributed by atoms with E-state index in [4.69, 9.17) is 4.74 Å². The third-order valence-corrected chi connectivity index (χ3v) is 4.82. The zero-order chi connectivity index (χ0) is 14.4. The molecular formula is C16H14N2O2S. The molecule has 0 amide bonds. The molecule has 0 unspecified atom stereocenters. The summed E-state index contributed by atoms with van der Waals surface area (Å²) in [6.45, 7) is 2.18. The topological polar surface area (TPSA) is 51.5 Å². The summed E-state index contributed by atoms with van der Waals surface area (Å²) in [5.41, 5.74) is 5.00. The van der Waals surface area contributed by atoms with E-state index >= 15 is 0 Å². The zero-order valence-electron chi connectivity index (χ0n) is 11.6. The lowest BCUT2D eigenvalue weighted by atomic mass is 9.76. The minimum absolute atomic E-state index is 0.0812. The van der Waals surface area contributed by atoms with Crippen LogP contribution in [0, 0.1) is 0 Å². The highest BCUT2D eigenvalue weighted by atomic mass is 32.1. The van der Waals surface area contributed by atoms with Gasteiger partial charge in [0.15, 0.2) is 17.2 Å². The fourth-order valence-electron chi connectivity index (χ4n) is 3.18. The second-order valence-electron chi connectivity index (χ2n) is 5.49. The highest BCUT2D eigenvalue weighted by molar-refractivity contribution is 7.07. The molecule has 2 aliphatic rings. The van der Waals surface area contributed by atoms with Gasteiger partial charge in [0.05, 0.1) is 11.2 Å². The predicted molar refractivity (Wildman–Crippen MR) is 82.0 cm³/mol. The average Bonchev–Trinajstić information content (AvgIpc) is 3.13. The van der Waals surface area contributed by atoms with Gasteiger partial charge in [0, 0.05) is 23.4 Å². The van der Waals surface area contributed by atoms with Gasteiger partial charge >= 0.3 is 0 Å². The van der Waals surface area contributed by atoms with Crippen LogP contribution < -0.4 is 0 Å². The first kappa shape index (κ1) is 12.7. The SMILES string of the molecule is CC1=N[C@@]2(CCc3c(cccc3-c3cscn3)C2=O)CO1. The predicted octanol–water partition coefficient (Wildman–Crippen LogP) is 3.13. The molecule has 1 aromatic carbocycles. The van der Waals surface area contributed by atoms with E-state index in [2.05, 4.69) is 9.98 Å². The van der Waals surface area contributed by atoms with Crippen LogP contribution in [0.25, 0.3) is 11.3 Å². The number of hydrogen-bond acceptors (Lipinski definition) is 5. The number of hydrogen-bond donors (Lipinski definition) is 0. The van der Waals surface area contributed by atoms with E-state index in [1.165, 1.54) is 0 Å². The van der Waals surface area contributed by atoms with E-state index in [0.29, 0.717) is 18.9 Å². The lowest BCUT2D eigenvalue weighted by molar-refractivity contribution is 0.0835. The molecule has 0 N–H and O–H groups in total. The Morgan fingerprint density at radius 3 is 2.90 bits per heavy atom. The third-order valence-electron chi connectivity index (χ3n) is 4.23. The van der Waals surface area contributed by atoms with E-state index in [-0.39, 0.29) is 5.78 Å². The summed E-state index contributed by atoms with van der Waals surface area (Å²) >= 11 is 1.57. The summed E-state index contributed by atoms with van der Waals surface area (Å²) < 4.78 is 5.45. The number of ether oxygens (including phenoxy) is 1. The Labute approximate surface area is 126 Å². The van der Waals surface area contributed by atoms with Crippen LogP contribution in [0.15, 0.2) is 34.1 Å². The van der Waals surface area contributed by atoms with E-state index in [0.717, 1.165) is 28.8 Å². The summed E-state index contributed by atoms with van der Waals surface area (Å²) in [6.07, 6.45) is 1.53. The Morgan fingerprint density at radius 1 is 1.33 bits per heavy atom. The molecule has 0 saturated heterocycles. The molecule has 0 radical (unpaired) electrons. The number of ketones is 1. The van der Waals surface area contributed by atoms with Gasteiger partial charge in [-0.25, -0.2) is 9.98 Å². The van der Waals surface area contributed by atoms with Crippen molar-refractivity contribution in [2.75, 3.05) is 6.61 Å². The molecule has 0 bridgehead atoms. The van der Waals surface area contributed by atoms with Gasteiger partial charge in [0.25, 0.3) is 0 Å². The number of nitrogens with zero attached hydrogens (tertiary/aromatic N) is 2. The van der Waals surface area contributed by atoms with Gasteiger partial charge in [-0.2, -0.15) is 0 Å². The maximum atomic E-state index is 12.9. The summed E-state index contributed by atoms with van der Waals surface area (Å²) in [7, 11) is 0. The molecule has 1 spiro atoms. The molecule has 21 heavy (non-hydrogen) atoms. The summed E-state index contributed by atoms with van der Waals surface area (Å²) in [6, 6.07) is 5.87. The quantitative estimate of drug-likeness (QED) is 0.812. The maximum Gasteiger partial charge on any atom is 0.194 e. The second-order valence-corrected chi connectivity index (χ2v) is 6.20. The molecule has 2 heterocycles. The van der Waals surface area contributed by atoms with Gasteiger partial charge in [-0.1, -0.05) is 18.2 Å². The lowest BCUT2D eigenvalue weighted by Crippen LogP contribution is -2.42. The average molecular weight is 298 g/mol. The summed E-state index contributed by atoms with van der Waals surface area (Å²) in [4.78, 5) is 21.8. The van der Waals surface area contributed by atoms with Gasteiger partial charge < -0.3 is 4.74 Å². The zero-order valence-corrected chi connectivity index (χ0v) is 12.4. The van der Waals surface area contributed by atoms with Crippen molar-refractivity contribution in [1.29, 1.82) is 0 Å². The Hall–Kier alpha value is -2.01. The van der Waals surface area contributed by atoms with Crippen molar-refractivity contribution >= 4 is 23.0 Å².